The summed E-state index contributed by atoms with van der Waals surface area (Å²) in [7, 11) is -3.56. The normalized spacial score (nSPS) is 12.8. The lowest BCUT2D eigenvalue weighted by molar-refractivity contribution is 0.162. The molecule has 0 amide bonds. The second-order valence-electron chi connectivity index (χ2n) is 6.72. The Morgan fingerprint density at radius 3 is 2.48 bits per heavy atom. The highest BCUT2D eigenvalue weighted by Gasteiger charge is 2.22. The van der Waals surface area contributed by atoms with Gasteiger partial charge in [0.25, 0.3) is 0 Å². The second kappa shape index (κ2) is 8.80. The fourth-order valence-electron chi connectivity index (χ4n) is 2.46. The minimum Gasteiger partial charge on any atom is -0.372 e. The maximum atomic E-state index is 11.4. The summed E-state index contributed by atoms with van der Waals surface area (Å²) in [5.41, 5.74) is 1.76. The number of nitriles is 1. The van der Waals surface area contributed by atoms with E-state index in [1.807, 2.05) is 17.0 Å². The highest BCUT2D eigenvalue weighted by Crippen LogP contribution is 2.34. The van der Waals surface area contributed by atoms with Crippen molar-refractivity contribution in [1.29, 1.82) is 5.26 Å². The molecule has 1 atom stereocenters. The van der Waals surface area contributed by atoms with Crippen LogP contribution in [0.15, 0.2) is 24.3 Å². The van der Waals surface area contributed by atoms with Crippen LogP contribution in [0.2, 0.25) is 0 Å². The molecule has 146 valence electrons. The standard InChI is InChI=1S/C18H24N4O3S2/c1-12(2)9-10-22(15-7-5-14(11-19)6-8-15)18-20-16(13(3)26-18)17(23)21-27(4,24)25/h5-8,12,17,21,23H,9-10H2,1-4H3. The van der Waals surface area contributed by atoms with Crippen LogP contribution in [0.1, 0.15) is 42.6 Å². The lowest BCUT2D eigenvalue weighted by Crippen LogP contribution is -2.28. The molecular weight excluding hydrogens is 384 g/mol. The van der Waals surface area contributed by atoms with Gasteiger partial charge in [0, 0.05) is 17.1 Å². The van der Waals surface area contributed by atoms with E-state index in [-0.39, 0.29) is 0 Å². The largest absolute Gasteiger partial charge is 0.372 e. The maximum Gasteiger partial charge on any atom is 0.211 e. The first-order valence-corrected chi connectivity index (χ1v) is 11.2. The fourth-order valence-corrected chi connectivity index (χ4v) is 3.96. The second-order valence-corrected chi connectivity index (χ2v) is 9.68. The first-order valence-electron chi connectivity index (χ1n) is 8.51. The molecule has 2 N–H and O–H groups in total. The summed E-state index contributed by atoms with van der Waals surface area (Å²) < 4.78 is 24.9. The van der Waals surface area contributed by atoms with Crippen molar-refractivity contribution in [1.82, 2.24) is 9.71 Å². The number of aliphatic hydroxyl groups is 1. The Kier molecular flexibility index (Phi) is 6.95. The summed E-state index contributed by atoms with van der Waals surface area (Å²) in [6, 6.07) is 9.32. The van der Waals surface area contributed by atoms with Gasteiger partial charge in [-0.1, -0.05) is 13.8 Å². The molecule has 0 aliphatic heterocycles. The Morgan fingerprint density at radius 1 is 1.33 bits per heavy atom. The van der Waals surface area contributed by atoms with Crippen LogP contribution in [0, 0.1) is 24.2 Å². The van der Waals surface area contributed by atoms with Crippen LogP contribution in [0.5, 0.6) is 0 Å². The predicted octanol–water partition coefficient (Wildman–Crippen LogP) is 3.05. The molecule has 1 aromatic heterocycles. The van der Waals surface area contributed by atoms with Crippen LogP contribution < -0.4 is 9.62 Å². The van der Waals surface area contributed by atoms with Crippen molar-refractivity contribution in [3.8, 4) is 6.07 Å². The maximum absolute atomic E-state index is 11.4. The fraction of sp³-hybridized carbons (Fsp3) is 0.444. The van der Waals surface area contributed by atoms with Gasteiger partial charge in [-0.2, -0.15) is 9.98 Å². The van der Waals surface area contributed by atoms with Gasteiger partial charge in [0.05, 0.1) is 17.9 Å². The lowest BCUT2D eigenvalue weighted by Gasteiger charge is -2.23. The van der Waals surface area contributed by atoms with E-state index in [1.54, 1.807) is 19.1 Å². The third kappa shape index (κ3) is 6.01. The Balaban J connectivity index is 2.37. The van der Waals surface area contributed by atoms with E-state index in [4.69, 9.17) is 5.26 Å². The van der Waals surface area contributed by atoms with Crippen molar-refractivity contribution in [2.75, 3.05) is 17.7 Å². The number of anilines is 2. The van der Waals surface area contributed by atoms with Gasteiger partial charge in [-0.15, -0.1) is 11.3 Å². The zero-order chi connectivity index (χ0) is 20.2. The minimum atomic E-state index is -3.56. The first-order chi connectivity index (χ1) is 12.6. The first kappa shape index (κ1) is 21.3. The molecule has 0 bridgehead atoms. The van der Waals surface area contributed by atoms with Crippen molar-refractivity contribution in [2.24, 2.45) is 5.92 Å². The number of thiazole rings is 1. The number of nitrogens with zero attached hydrogens (tertiary/aromatic N) is 3. The third-order valence-electron chi connectivity index (χ3n) is 3.87. The summed E-state index contributed by atoms with van der Waals surface area (Å²) in [6.45, 7) is 6.78. The van der Waals surface area contributed by atoms with Crippen molar-refractivity contribution in [2.45, 2.75) is 33.4 Å². The molecule has 0 saturated heterocycles. The summed E-state index contributed by atoms with van der Waals surface area (Å²) in [5, 5.41) is 19.9. The molecule has 0 saturated carbocycles. The number of hydrogen-bond acceptors (Lipinski definition) is 7. The van der Waals surface area contributed by atoms with Gasteiger partial charge in [-0.05, 0) is 43.5 Å². The number of aryl methyl sites for hydroxylation is 1. The summed E-state index contributed by atoms with van der Waals surface area (Å²) in [5.74, 6) is 0.490. The number of hydrogen-bond donors (Lipinski definition) is 2. The average Bonchev–Trinajstić information content (AvgIpc) is 2.95. The van der Waals surface area contributed by atoms with Crippen LogP contribution >= 0.6 is 11.3 Å². The van der Waals surface area contributed by atoms with Gasteiger partial charge in [0.15, 0.2) is 11.4 Å². The van der Waals surface area contributed by atoms with Crippen LogP contribution in [-0.4, -0.2) is 31.3 Å². The van der Waals surface area contributed by atoms with E-state index in [1.165, 1.54) is 11.3 Å². The molecule has 0 radical (unpaired) electrons. The van der Waals surface area contributed by atoms with E-state index in [0.29, 0.717) is 28.9 Å². The number of rotatable bonds is 8. The molecule has 2 rings (SSSR count). The summed E-state index contributed by atoms with van der Waals surface area (Å²) in [6.07, 6.45) is 0.528. The van der Waals surface area contributed by atoms with Gasteiger partial charge in [-0.25, -0.2) is 13.4 Å². The SMILES string of the molecule is Cc1sc(N(CCC(C)C)c2ccc(C#N)cc2)nc1C(O)NS(C)(=O)=O. The molecular formula is C18H24N4O3S2. The Morgan fingerprint density at radius 2 is 1.96 bits per heavy atom. The van der Waals surface area contributed by atoms with Gasteiger partial charge in [0.1, 0.15) is 5.69 Å². The summed E-state index contributed by atoms with van der Waals surface area (Å²) >= 11 is 1.39. The van der Waals surface area contributed by atoms with E-state index < -0.39 is 16.3 Å². The van der Waals surface area contributed by atoms with E-state index in [2.05, 4.69) is 29.6 Å². The quantitative estimate of drug-likeness (QED) is 0.650. The zero-order valence-electron chi connectivity index (χ0n) is 15.8. The number of benzene rings is 1. The van der Waals surface area contributed by atoms with Crippen molar-refractivity contribution in [3.63, 3.8) is 0 Å². The molecule has 1 aromatic carbocycles. The number of aromatic nitrogens is 1. The topological polar surface area (TPSA) is 106 Å². The average molecular weight is 409 g/mol. The monoisotopic (exact) mass is 408 g/mol. The molecule has 27 heavy (non-hydrogen) atoms. The smallest absolute Gasteiger partial charge is 0.211 e. The highest BCUT2D eigenvalue weighted by molar-refractivity contribution is 7.88. The zero-order valence-corrected chi connectivity index (χ0v) is 17.4. The lowest BCUT2D eigenvalue weighted by atomic mass is 10.1. The third-order valence-corrected chi connectivity index (χ3v) is 5.54. The molecule has 0 aliphatic rings. The van der Waals surface area contributed by atoms with Crippen molar-refractivity contribution in [3.05, 3.63) is 40.4 Å². The van der Waals surface area contributed by atoms with E-state index >= 15 is 0 Å². The summed E-state index contributed by atoms with van der Waals surface area (Å²) in [4.78, 5) is 7.25. The molecule has 1 unspecified atom stereocenters. The van der Waals surface area contributed by atoms with E-state index in [9.17, 15) is 13.5 Å². The Labute approximate surface area is 164 Å². The molecule has 0 spiro atoms. The molecule has 0 fully saturated rings. The van der Waals surface area contributed by atoms with Crippen LogP contribution in [-0.2, 0) is 10.0 Å². The van der Waals surface area contributed by atoms with Gasteiger partial charge in [-0.3, -0.25) is 0 Å². The van der Waals surface area contributed by atoms with Crippen LogP contribution in [0.4, 0.5) is 10.8 Å². The minimum absolute atomic E-state index is 0.295. The predicted molar refractivity (Wildman–Crippen MR) is 107 cm³/mol. The molecule has 2 aromatic rings. The number of sulfonamides is 1. The Hall–Kier alpha value is -1.99. The van der Waals surface area contributed by atoms with Crippen LogP contribution in [0.3, 0.4) is 0 Å². The van der Waals surface area contributed by atoms with Crippen molar-refractivity contribution < 1.29 is 13.5 Å². The molecule has 7 nitrogen and oxygen atoms in total. The van der Waals surface area contributed by atoms with E-state index in [0.717, 1.165) is 23.2 Å². The highest BCUT2D eigenvalue weighted by atomic mass is 32.2. The number of aliphatic hydroxyl groups excluding tert-OH is 1. The number of nitrogens with one attached hydrogen (secondary N) is 1. The van der Waals surface area contributed by atoms with Crippen molar-refractivity contribution >= 4 is 32.2 Å². The molecule has 1 heterocycles. The molecule has 0 aliphatic carbocycles. The molecule has 9 heteroatoms. The van der Waals surface area contributed by atoms with Gasteiger partial charge < -0.3 is 10.0 Å². The van der Waals surface area contributed by atoms with Gasteiger partial charge in [0.2, 0.25) is 10.0 Å². The van der Waals surface area contributed by atoms with Gasteiger partial charge >= 0.3 is 0 Å². The Bertz CT molecular complexity index is 915. The van der Waals surface area contributed by atoms with Crippen LogP contribution in [0.25, 0.3) is 0 Å².